The van der Waals surface area contributed by atoms with Gasteiger partial charge in [0, 0.05) is 13.2 Å². The van der Waals surface area contributed by atoms with Crippen LogP contribution in [0.25, 0.3) is 0 Å². The Morgan fingerprint density at radius 1 is 1.36 bits per heavy atom. The van der Waals surface area contributed by atoms with Crippen molar-refractivity contribution in [2.45, 2.75) is 33.6 Å². The first-order valence-electron chi connectivity index (χ1n) is 4.11. The van der Waals surface area contributed by atoms with Crippen LogP contribution in [0.3, 0.4) is 0 Å². The Morgan fingerprint density at radius 3 is 2.45 bits per heavy atom. The van der Waals surface area contributed by atoms with Crippen molar-refractivity contribution < 1.29 is 4.74 Å². The summed E-state index contributed by atoms with van der Waals surface area (Å²) in [4.78, 5) is 0. The summed E-state index contributed by atoms with van der Waals surface area (Å²) in [6.45, 7) is 7.45. The quantitative estimate of drug-likeness (QED) is 0.571. The summed E-state index contributed by atoms with van der Waals surface area (Å²) in [5, 5.41) is 8.65. The molecular weight excluding hydrogens is 138 g/mol. The van der Waals surface area contributed by atoms with Crippen molar-refractivity contribution in [1.82, 2.24) is 0 Å². The fourth-order valence-corrected chi connectivity index (χ4v) is 0.630. The van der Waals surface area contributed by atoms with Crippen LogP contribution >= 0.6 is 0 Å². The number of nitriles is 1. The third kappa shape index (κ3) is 5.87. The molecule has 0 saturated carbocycles. The van der Waals surface area contributed by atoms with Crippen LogP contribution in [0.15, 0.2) is 0 Å². The van der Waals surface area contributed by atoms with Crippen LogP contribution in [-0.2, 0) is 4.74 Å². The van der Waals surface area contributed by atoms with E-state index in [2.05, 4.69) is 13.0 Å². The highest BCUT2D eigenvalue weighted by Gasteiger charge is 2.15. The second-order valence-electron chi connectivity index (χ2n) is 3.36. The standard InChI is InChI=1S/C9H17NO/c1-4-6-11-7-5-9(2,3)8-10/h4-7H2,1-3H3. The molecule has 0 aromatic carbocycles. The van der Waals surface area contributed by atoms with Crippen molar-refractivity contribution in [1.29, 1.82) is 5.26 Å². The van der Waals surface area contributed by atoms with Gasteiger partial charge in [0.1, 0.15) is 0 Å². The van der Waals surface area contributed by atoms with E-state index in [9.17, 15) is 0 Å². The predicted octanol–water partition coefficient (Wildman–Crippen LogP) is 2.35. The fourth-order valence-electron chi connectivity index (χ4n) is 0.630. The summed E-state index contributed by atoms with van der Waals surface area (Å²) in [5.41, 5.74) is -0.228. The highest BCUT2D eigenvalue weighted by Crippen LogP contribution is 2.17. The largest absolute Gasteiger partial charge is 0.381 e. The van der Waals surface area contributed by atoms with Crippen molar-refractivity contribution in [2.24, 2.45) is 5.41 Å². The van der Waals surface area contributed by atoms with Gasteiger partial charge in [0.25, 0.3) is 0 Å². The highest BCUT2D eigenvalue weighted by atomic mass is 16.5. The Labute approximate surface area is 69.2 Å². The van der Waals surface area contributed by atoms with E-state index in [1.165, 1.54) is 0 Å². The smallest absolute Gasteiger partial charge is 0.0684 e. The van der Waals surface area contributed by atoms with Gasteiger partial charge >= 0.3 is 0 Å². The Kier molecular flexibility index (Phi) is 4.89. The molecule has 2 heteroatoms. The number of nitrogens with zero attached hydrogens (tertiary/aromatic N) is 1. The van der Waals surface area contributed by atoms with Gasteiger partial charge in [-0.2, -0.15) is 5.26 Å². The molecule has 0 saturated heterocycles. The molecule has 0 radical (unpaired) electrons. The maximum absolute atomic E-state index is 8.65. The summed E-state index contributed by atoms with van der Waals surface area (Å²) in [7, 11) is 0. The average Bonchev–Trinajstić information content (AvgIpc) is 1.99. The third-order valence-electron chi connectivity index (χ3n) is 1.52. The van der Waals surface area contributed by atoms with Crippen LogP contribution in [-0.4, -0.2) is 13.2 Å². The van der Waals surface area contributed by atoms with Gasteiger partial charge in [-0.05, 0) is 26.7 Å². The maximum Gasteiger partial charge on any atom is 0.0684 e. The zero-order chi connectivity index (χ0) is 8.74. The molecule has 0 bridgehead atoms. The molecule has 0 aliphatic rings. The van der Waals surface area contributed by atoms with Crippen molar-refractivity contribution in [3.05, 3.63) is 0 Å². The SMILES string of the molecule is CCCOCCC(C)(C)C#N. The molecule has 0 aromatic heterocycles. The van der Waals surface area contributed by atoms with Gasteiger partial charge in [0.2, 0.25) is 0 Å². The summed E-state index contributed by atoms with van der Waals surface area (Å²) < 4.78 is 5.27. The Hall–Kier alpha value is -0.550. The minimum atomic E-state index is -0.228. The monoisotopic (exact) mass is 155 g/mol. The van der Waals surface area contributed by atoms with E-state index in [-0.39, 0.29) is 5.41 Å². The lowest BCUT2D eigenvalue weighted by atomic mass is 9.92. The Bertz CT molecular complexity index is 135. The molecule has 0 N–H and O–H groups in total. The topological polar surface area (TPSA) is 33.0 Å². The number of hydrogen-bond donors (Lipinski definition) is 0. The molecule has 0 aromatic rings. The number of ether oxygens (including phenoxy) is 1. The molecule has 0 heterocycles. The Balaban J connectivity index is 3.32. The van der Waals surface area contributed by atoms with Crippen molar-refractivity contribution in [3.63, 3.8) is 0 Å². The molecule has 0 aliphatic heterocycles. The second-order valence-corrected chi connectivity index (χ2v) is 3.36. The zero-order valence-corrected chi connectivity index (χ0v) is 7.68. The first-order chi connectivity index (χ1) is 5.12. The summed E-state index contributed by atoms with van der Waals surface area (Å²) in [6.07, 6.45) is 1.87. The lowest BCUT2D eigenvalue weighted by Gasteiger charge is -2.14. The predicted molar refractivity (Wildman–Crippen MR) is 45.1 cm³/mol. The summed E-state index contributed by atoms with van der Waals surface area (Å²) >= 11 is 0. The molecule has 2 nitrogen and oxygen atoms in total. The van der Waals surface area contributed by atoms with Gasteiger partial charge in [0.15, 0.2) is 0 Å². The molecule has 64 valence electrons. The van der Waals surface area contributed by atoms with Gasteiger partial charge in [-0.3, -0.25) is 0 Å². The molecule has 11 heavy (non-hydrogen) atoms. The van der Waals surface area contributed by atoms with Crippen LogP contribution in [0.1, 0.15) is 33.6 Å². The van der Waals surface area contributed by atoms with Crippen LogP contribution in [0.5, 0.6) is 0 Å². The molecule has 0 fully saturated rings. The molecule has 0 aliphatic carbocycles. The highest BCUT2D eigenvalue weighted by molar-refractivity contribution is 4.91. The molecule has 0 unspecified atom stereocenters. The first kappa shape index (κ1) is 10.4. The van der Waals surface area contributed by atoms with E-state index in [1.807, 2.05) is 13.8 Å². The van der Waals surface area contributed by atoms with E-state index in [1.54, 1.807) is 0 Å². The van der Waals surface area contributed by atoms with Crippen LogP contribution < -0.4 is 0 Å². The molecule has 0 amide bonds. The van der Waals surface area contributed by atoms with Gasteiger partial charge < -0.3 is 4.74 Å². The van der Waals surface area contributed by atoms with Crippen LogP contribution in [0.2, 0.25) is 0 Å². The fraction of sp³-hybridized carbons (Fsp3) is 0.889. The third-order valence-corrected chi connectivity index (χ3v) is 1.52. The minimum Gasteiger partial charge on any atom is -0.381 e. The normalized spacial score (nSPS) is 11.1. The molecule has 0 rings (SSSR count). The number of rotatable bonds is 5. The van der Waals surface area contributed by atoms with Gasteiger partial charge in [-0.25, -0.2) is 0 Å². The molecule has 0 spiro atoms. The van der Waals surface area contributed by atoms with E-state index in [0.717, 1.165) is 19.4 Å². The van der Waals surface area contributed by atoms with Crippen molar-refractivity contribution in [2.75, 3.05) is 13.2 Å². The van der Waals surface area contributed by atoms with E-state index < -0.39 is 0 Å². The van der Waals surface area contributed by atoms with Gasteiger partial charge in [-0.1, -0.05) is 6.92 Å². The minimum absolute atomic E-state index is 0.228. The van der Waals surface area contributed by atoms with Crippen molar-refractivity contribution >= 4 is 0 Å². The van der Waals surface area contributed by atoms with E-state index in [4.69, 9.17) is 10.00 Å². The molecular formula is C9H17NO. The van der Waals surface area contributed by atoms with E-state index in [0.29, 0.717) is 6.61 Å². The summed E-state index contributed by atoms with van der Waals surface area (Å²) in [5.74, 6) is 0. The average molecular weight is 155 g/mol. The second kappa shape index (κ2) is 5.15. The zero-order valence-electron chi connectivity index (χ0n) is 7.68. The van der Waals surface area contributed by atoms with Crippen LogP contribution in [0, 0.1) is 16.7 Å². The van der Waals surface area contributed by atoms with Crippen molar-refractivity contribution in [3.8, 4) is 6.07 Å². The Morgan fingerprint density at radius 2 is 2.00 bits per heavy atom. The maximum atomic E-state index is 8.65. The first-order valence-corrected chi connectivity index (χ1v) is 4.11. The van der Waals surface area contributed by atoms with Gasteiger partial charge in [0.05, 0.1) is 11.5 Å². The molecule has 0 atom stereocenters. The lowest BCUT2D eigenvalue weighted by molar-refractivity contribution is 0.115. The lowest BCUT2D eigenvalue weighted by Crippen LogP contribution is -2.11. The number of hydrogen-bond acceptors (Lipinski definition) is 2. The van der Waals surface area contributed by atoms with Crippen LogP contribution in [0.4, 0.5) is 0 Å². The van der Waals surface area contributed by atoms with E-state index >= 15 is 0 Å². The van der Waals surface area contributed by atoms with Gasteiger partial charge in [-0.15, -0.1) is 0 Å². The summed E-state index contributed by atoms with van der Waals surface area (Å²) in [6, 6.07) is 2.24.